The SMILES string of the molecule is CC1(C)NC(=O)C[C@@H](C(=O)NCC(C)(C)c2ccc(F)cc2)NC(=O)c2ccccc2OCCCNC(=O)[C@H](Cc2ccccc2)NC1=O. The maximum atomic E-state index is 13.6. The molecular formula is C37H44FN5O6. The van der Waals surface area contributed by atoms with E-state index in [4.69, 9.17) is 4.74 Å². The monoisotopic (exact) mass is 673 g/mol. The highest BCUT2D eigenvalue weighted by Crippen LogP contribution is 2.23. The number of carbonyl (C=O) groups excluding carboxylic acids is 5. The maximum absolute atomic E-state index is 13.6. The van der Waals surface area contributed by atoms with Crippen LogP contribution in [0.4, 0.5) is 4.39 Å². The van der Waals surface area contributed by atoms with Crippen LogP contribution in [0.15, 0.2) is 78.9 Å². The second kappa shape index (κ2) is 16.2. The Morgan fingerprint density at radius 1 is 0.939 bits per heavy atom. The predicted molar refractivity (Wildman–Crippen MR) is 182 cm³/mol. The van der Waals surface area contributed by atoms with Crippen LogP contribution in [-0.2, 0) is 31.0 Å². The number of rotatable bonds is 6. The van der Waals surface area contributed by atoms with Gasteiger partial charge in [-0.05, 0) is 55.7 Å². The molecule has 1 aliphatic rings. The molecule has 0 spiro atoms. The molecule has 3 aromatic carbocycles. The Kier molecular flexibility index (Phi) is 12.1. The number of amides is 5. The first-order chi connectivity index (χ1) is 23.2. The number of nitrogens with one attached hydrogen (secondary N) is 5. The highest BCUT2D eigenvalue weighted by molar-refractivity contribution is 6.01. The molecule has 1 heterocycles. The zero-order valence-electron chi connectivity index (χ0n) is 28.2. The molecule has 2 atom stereocenters. The van der Waals surface area contributed by atoms with Crippen LogP contribution in [0, 0.1) is 5.82 Å². The van der Waals surface area contributed by atoms with Crippen molar-refractivity contribution in [2.75, 3.05) is 19.7 Å². The van der Waals surface area contributed by atoms with Gasteiger partial charge in [0.2, 0.25) is 23.6 Å². The molecule has 260 valence electrons. The molecule has 3 aromatic rings. The smallest absolute Gasteiger partial charge is 0.255 e. The summed E-state index contributed by atoms with van der Waals surface area (Å²) in [5.41, 5.74) is -0.347. The van der Waals surface area contributed by atoms with Crippen LogP contribution in [0.1, 0.15) is 62.0 Å². The molecule has 1 aliphatic heterocycles. The van der Waals surface area contributed by atoms with Crippen LogP contribution in [0.25, 0.3) is 0 Å². The van der Waals surface area contributed by atoms with Gasteiger partial charge >= 0.3 is 0 Å². The standard InChI is InChI=1S/C37H44FN5O6/c1-36(2,25-15-17-26(38)18-16-25)23-40-34(47)29-22-31(44)43-37(3,4)35(48)42-28(21-24-11-6-5-7-12-24)33(46)39-19-10-20-49-30-14-9-8-13-27(30)32(45)41-29/h5-9,11-18,28-29H,10,19-23H2,1-4H3,(H,39,46)(H,40,47)(H,41,45)(H,42,48)(H,43,44)/t28-,29-/m0/s1. The van der Waals surface area contributed by atoms with Crippen molar-refractivity contribution >= 4 is 29.5 Å². The Bertz CT molecular complexity index is 1640. The summed E-state index contributed by atoms with van der Waals surface area (Å²) in [6.07, 6.45) is 0.126. The van der Waals surface area contributed by atoms with Gasteiger partial charge in [-0.25, -0.2) is 4.39 Å². The Morgan fingerprint density at radius 3 is 2.33 bits per heavy atom. The van der Waals surface area contributed by atoms with Gasteiger partial charge in [-0.1, -0.05) is 68.4 Å². The molecule has 4 rings (SSSR count). The van der Waals surface area contributed by atoms with E-state index >= 15 is 0 Å². The van der Waals surface area contributed by atoms with Crippen LogP contribution in [0.3, 0.4) is 0 Å². The number of benzene rings is 3. The van der Waals surface area contributed by atoms with Gasteiger partial charge in [0.1, 0.15) is 29.2 Å². The molecule has 11 nitrogen and oxygen atoms in total. The Hall–Kier alpha value is -5.26. The van der Waals surface area contributed by atoms with Crippen molar-refractivity contribution in [1.82, 2.24) is 26.6 Å². The summed E-state index contributed by atoms with van der Waals surface area (Å²) in [6.45, 7) is 7.24. The summed E-state index contributed by atoms with van der Waals surface area (Å²) in [5.74, 6) is -3.09. The molecule has 0 radical (unpaired) electrons. The minimum absolute atomic E-state index is 0.115. The van der Waals surface area contributed by atoms with Crippen molar-refractivity contribution < 1.29 is 33.1 Å². The lowest BCUT2D eigenvalue weighted by Gasteiger charge is -2.30. The lowest BCUT2D eigenvalue weighted by atomic mass is 9.84. The van der Waals surface area contributed by atoms with E-state index in [0.717, 1.165) is 11.1 Å². The van der Waals surface area contributed by atoms with E-state index in [1.165, 1.54) is 26.0 Å². The molecule has 0 bridgehead atoms. The van der Waals surface area contributed by atoms with Crippen molar-refractivity contribution in [3.63, 3.8) is 0 Å². The third kappa shape index (κ3) is 10.4. The highest BCUT2D eigenvalue weighted by atomic mass is 19.1. The van der Waals surface area contributed by atoms with Gasteiger partial charge in [-0.15, -0.1) is 0 Å². The summed E-state index contributed by atoms with van der Waals surface area (Å²) in [4.78, 5) is 67.3. The van der Waals surface area contributed by atoms with Gasteiger partial charge < -0.3 is 31.3 Å². The molecule has 0 saturated heterocycles. The molecule has 49 heavy (non-hydrogen) atoms. The first-order valence-electron chi connectivity index (χ1n) is 16.3. The van der Waals surface area contributed by atoms with Gasteiger partial charge in [0.05, 0.1) is 18.6 Å². The fourth-order valence-electron chi connectivity index (χ4n) is 5.29. The third-order valence-electron chi connectivity index (χ3n) is 8.28. The lowest BCUT2D eigenvalue weighted by molar-refractivity contribution is -0.135. The average molecular weight is 674 g/mol. The number of hydrogen-bond donors (Lipinski definition) is 5. The fourth-order valence-corrected chi connectivity index (χ4v) is 5.29. The van der Waals surface area contributed by atoms with E-state index < -0.39 is 59.0 Å². The molecule has 12 heteroatoms. The zero-order chi connectivity index (χ0) is 35.6. The van der Waals surface area contributed by atoms with E-state index in [9.17, 15) is 28.4 Å². The van der Waals surface area contributed by atoms with Crippen LogP contribution in [0.5, 0.6) is 5.75 Å². The van der Waals surface area contributed by atoms with E-state index in [1.807, 2.05) is 44.2 Å². The number of carbonyl (C=O) groups is 5. The number of hydrogen-bond acceptors (Lipinski definition) is 6. The van der Waals surface area contributed by atoms with Crippen LogP contribution in [0.2, 0.25) is 0 Å². The minimum atomic E-state index is -1.49. The number of ether oxygens (including phenoxy) is 1. The van der Waals surface area contributed by atoms with Crippen LogP contribution < -0.4 is 31.3 Å². The van der Waals surface area contributed by atoms with E-state index in [0.29, 0.717) is 6.42 Å². The summed E-state index contributed by atoms with van der Waals surface area (Å²) < 4.78 is 19.4. The zero-order valence-corrected chi connectivity index (χ0v) is 28.2. The van der Waals surface area contributed by atoms with Crippen molar-refractivity contribution in [3.8, 4) is 5.75 Å². The molecular weight excluding hydrogens is 629 g/mol. The first kappa shape index (κ1) is 36.6. The lowest BCUT2D eigenvalue weighted by Crippen LogP contribution is -2.60. The minimum Gasteiger partial charge on any atom is -0.493 e. The van der Waals surface area contributed by atoms with Gasteiger partial charge in [-0.2, -0.15) is 0 Å². The molecule has 0 saturated carbocycles. The Labute approximate surface area is 285 Å². The first-order valence-corrected chi connectivity index (χ1v) is 16.3. The number of fused-ring (bicyclic) bond motifs is 1. The van der Waals surface area contributed by atoms with Crippen molar-refractivity contribution in [2.24, 2.45) is 0 Å². The highest BCUT2D eigenvalue weighted by Gasteiger charge is 2.35. The average Bonchev–Trinajstić information content (AvgIpc) is 3.06. The Balaban J connectivity index is 1.58. The predicted octanol–water partition coefficient (Wildman–Crippen LogP) is 2.93. The second-order valence-electron chi connectivity index (χ2n) is 13.2. The number of halogens is 1. The third-order valence-corrected chi connectivity index (χ3v) is 8.28. The summed E-state index contributed by atoms with van der Waals surface area (Å²) in [5, 5.41) is 13.8. The van der Waals surface area contributed by atoms with Crippen molar-refractivity contribution in [3.05, 3.63) is 101 Å². The summed E-state index contributed by atoms with van der Waals surface area (Å²) in [6, 6.07) is 19.4. The van der Waals surface area contributed by atoms with E-state index in [2.05, 4.69) is 26.6 Å². The van der Waals surface area contributed by atoms with Gasteiger partial charge in [-0.3, -0.25) is 24.0 Å². The molecule has 5 N–H and O–H groups in total. The second-order valence-corrected chi connectivity index (χ2v) is 13.2. The van der Waals surface area contributed by atoms with E-state index in [-0.39, 0.29) is 43.2 Å². The topological polar surface area (TPSA) is 155 Å². The normalized spacial score (nSPS) is 19.4. The van der Waals surface area contributed by atoms with Gasteiger partial charge in [0, 0.05) is 24.9 Å². The molecule has 0 aromatic heterocycles. The van der Waals surface area contributed by atoms with Gasteiger partial charge in [0.25, 0.3) is 5.91 Å². The van der Waals surface area contributed by atoms with Crippen molar-refractivity contribution in [2.45, 2.75) is 70.0 Å². The quantitative estimate of drug-likeness (QED) is 0.271. The maximum Gasteiger partial charge on any atom is 0.255 e. The van der Waals surface area contributed by atoms with Crippen molar-refractivity contribution in [1.29, 1.82) is 0 Å². The number of para-hydroxylation sites is 1. The molecule has 0 unspecified atom stereocenters. The van der Waals surface area contributed by atoms with Gasteiger partial charge in [0.15, 0.2) is 0 Å². The summed E-state index contributed by atoms with van der Waals surface area (Å²) >= 11 is 0. The Morgan fingerprint density at radius 2 is 1.61 bits per heavy atom. The largest absolute Gasteiger partial charge is 0.493 e. The summed E-state index contributed by atoms with van der Waals surface area (Å²) in [7, 11) is 0. The molecule has 0 aliphatic carbocycles. The van der Waals surface area contributed by atoms with Crippen LogP contribution >= 0.6 is 0 Å². The molecule has 5 amide bonds. The van der Waals surface area contributed by atoms with Crippen LogP contribution in [-0.4, -0.2) is 66.9 Å². The molecule has 0 fully saturated rings. The fraction of sp³-hybridized carbons (Fsp3) is 0.378. The van der Waals surface area contributed by atoms with E-state index in [1.54, 1.807) is 36.4 Å².